The van der Waals surface area contributed by atoms with Crippen molar-refractivity contribution in [2.45, 2.75) is 43.3 Å². The largest absolute Gasteiger partial charge is 0.481 e. The van der Waals surface area contributed by atoms with Crippen molar-refractivity contribution in [1.82, 2.24) is 19.9 Å². The molecule has 3 aromatic heterocycles. The first-order chi connectivity index (χ1) is 21.2. The molecule has 44 heavy (non-hydrogen) atoms. The number of halogens is 1. The molecule has 1 N–H and O–H groups in total. The van der Waals surface area contributed by atoms with Crippen molar-refractivity contribution in [3.8, 4) is 29.4 Å². The number of hydrogen-bond acceptors (Lipinski definition) is 10. The van der Waals surface area contributed by atoms with Gasteiger partial charge in [-0.05, 0) is 75.2 Å². The highest BCUT2D eigenvalue weighted by molar-refractivity contribution is 9.10. The summed E-state index contributed by atoms with van der Waals surface area (Å²) >= 11 is 3.60. The molecule has 10 nitrogen and oxygen atoms in total. The summed E-state index contributed by atoms with van der Waals surface area (Å²) in [6, 6.07) is 15.1. The SMILES string of the molecule is COc1cc([C@](O)(CCN(C)C)[C@H](c2cc(OC)nc(OC3CCC3)c2)c2cc3cc(Br)ccc3nc2OC)cc(OC)n1. The number of aromatic nitrogens is 3. The van der Waals surface area contributed by atoms with Crippen molar-refractivity contribution < 1.29 is 28.8 Å². The Morgan fingerprint density at radius 1 is 0.864 bits per heavy atom. The summed E-state index contributed by atoms with van der Waals surface area (Å²) in [5, 5.41) is 14.1. The standard InChI is InChI=1S/C33H39BrN4O6/c1-38(2)13-12-33(39,22-18-28(41-4)36-29(19-22)42-5)31(21-16-27(40-3)37-30(17-21)44-24-8-7-9-24)25-15-20-14-23(34)10-11-26(20)35-32(25)43-6/h10-11,14-19,24,31,39H,7-9,12-13H2,1-6H3/t31-,33-/m1/s1. The molecule has 11 heteroatoms. The van der Waals surface area contributed by atoms with E-state index in [1.807, 2.05) is 55.4 Å². The van der Waals surface area contributed by atoms with E-state index in [0.717, 1.165) is 40.2 Å². The van der Waals surface area contributed by atoms with Crippen molar-refractivity contribution in [3.05, 3.63) is 69.7 Å². The zero-order chi connectivity index (χ0) is 31.4. The van der Waals surface area contributed by atoms with E-state index in [0.29, 0.717) is 53.5 Å². The fourth-order valence-corrected chi connectivity index (χ4v) is 5.89. The van der Waals surface area contributed by atoms with Crippen LogP contribution in [0.3, 0.4) is 0 Å². The van der Waals surface area contributed by atoms with Gasteiger partial charge in [-0.2, -0.15) is 9.97 Å². The third kappa shape index (κ3) is 6.69. The van der Waals surface area contributed by atoms with Gasteiger partial charge in [-0.25, -0.2) is 4.98 Å². The Morgan fingerprint density at radius 3 is 2.09 bits per heavy atom. The first-order valence-corrected chi connectivity index (χ1v) is 15.3. The average molecular weight is 668 g/mol. The lowest BCUT2D eigenvalue weighted by molar-refractivity contribution is 0.00312. The molecule has 1 aliphatic carbocycles. The summed E-state index contributed by atoms with van der Waals surface area (Å²) in [6.45, 7) is 0.558. The van der Waals surface area contributed by atoms with Crippen molar-refractivity contribution in [3.63, 3.8) is 0 Å². The van der Waals surface area contributed by atoms with Crippen LogP contribution >= 0.6 is 15.9 Å². The van der Waals surface area contributed by atoms with Gasteiger partial charge in [0.1, 0.15) is 11.7 Å². The number of benzene rings is 1. The second kappa shape index (κ2) is 13.5. The van der Waals surface area contributed by atoms with Gasteiger partial charge in [-0.3, -0.25) is 0 Å². The van der Waals surface area contributed by atoms with Gasteiger partial charge in [0.05, 0.1) is 34.0 Å². The molecular formula is C33H39BrN4O6. The molecule has 0 amide bonds. The molecule has 1 fully saturated rings. The number of pyridine rings is 3. The Hall–Kier alpha value is -3.67. The number of nitrogens with zero attached hydrogens (tertiary/aromatic N) is 4. The van der Waals surface area contributed by atoms with Crippen LogP contribution in [0.1, 0.15) is 48.3 Å². The number of hydrogen-bond donors (Lipinski definition) is 1. The van der Waals surface area contributed by atoms with Crippen LogP contribution in [-0.4, -0.2) is 80.1 Å². The molecule has 0 saturated heterocycles. The summed E-state index contributed by atoms with van der Waals surface area (Å²) in [4.78, 5) is 15.9. The normalized spacial score (nSPS) is 15.4. The number of fused-ring (bicyclic) bond motifs is 1. The fourth-order valence-electron chi connectivity index (χ4n) is 5.51. The maximum atomic E-state index is 13.2. The average Bonchev–Trinajstić information content (AvgIpc) is 3.01. The molecule has 5 rings (SSSR count). The van der Waals surface area contributed by atoms with Crippen LogP contribution in [0.25, 0.3) is 10.9 Å². The highest BCUT2D eigenvalue weighted by Gasteiger charge is 2.44. The van der Waals surface area contributed by atoms with Gasteiger partial charge < -0.3 is 33.7 Å². The van der Waals surface area contributed by atoms with E-state index in [-0.39, 0.29) is 6.10 Å². The lowest BCUT2D eigenvalue weighted by Gasteiger charge is -2.39. The Balaban J connectivity index is 1.83. The van der Waals surface area contributed by atoms with Crippen molar-refractivity contribution in [1.29, 1.82) is 0 Å². The quantitative estimate of drug-likeness (QED) is 0.190. The summed E-state index contributed by atoms with van der Waals surface area (Å²) in [5.41, 5.74) is 1.16. The highest BCUT2D eigenvalue weighted by Crippen LogP contribution is 2.49. The second-order valence-electron chi connectivity index (χ2n) is 11.2. The van der Waals surface area contributed by atoms with Gasteiger partial charge in [-0.15, -0.1) is 0 Å². The predicted molar refractivity (Wildman–Crippen MR) is 171 cm³/mol. The number of methoxy groups -OCH3 is 4. The molecule has 0 spiro atoms. The third-order valence-corrected chi connectivity index (χ3v) is 8.56. The first kappa shape index (κ1) is 31.7. The molecule has 4 aromatic rings. The molecule has 0 radical (unpaired) electrons. The minimum Gasteiger partial charge on any atom is -0.481 e. The Bertz CT molecular complexity index is 1590. The van der Waals surface area contributed by atoms with Gasteiger partial charge in [0, 0.05) is 52.2 Å². The number of aliphatic hydroxyl groups is 1. The van der Waals surface area contributed by atoms with E-state index in [4.69, 9.17) is 28.7 Å². The summed E-state index contributed by atoms with van der Waals surface area (Å²) in [7, 11) is 10.2. The molecule has 0 aliphatic heterocycles. The number of ether oxygens (including phenoxy) is 5. The van der Waals surface area contributed by atoms with Gasteiger partial charge in [0.25, 0.3) is 0 Å². The minimum absolute atomic E-state index is 0.0940. The van der Waals surface area contributed by atoms with E-state index >= 15 is 0 Å². The van der Waals surface area contributed by atoms with E-state index in [1.54, 1.807) is 26.4 Å². The molecule has 1 aromatic carbocycles. The van der Waals surface area contributed by atoms with Gasteiger partial charge in [0.2, 0.25) is 29.4 Å². The lowest BCUT2D eigenvalue weighted by Crippen LogP contribution is -2.38. The van der Waals surface area contributed by atoms with Crippen molar-refractivity contribution in [2.75, 3.05) is 49.1 Å². The molecule has 0 bridgehead atoms. The Morgan fingerprint density at radius 2 is 1.50 bits per heavy atom. The first-order valence-electron chi connectivity index (χ1n) is 14.5. The Labute approximate surface area is 266 Å². The zero-order valence-electron chi connectivity index (χ0n) is 26.0. The van der Waals surface area contributed by atoms with E-state index < -0.39 is 11.5 Å². The second-order valence-corrected chi connectivity index (χ2v) is 12.1. The van der Waals surface area contributed by atoms with Crippen molar-refractivity contribution >= 4 is 26.8 Å². The molecule has 3 heterocycles. The van der Waals surface area contributed by atoms with Crippen LogP contribution in [0, 0.1) is 0 Å². The van der Waals surface area contributed by atoms with Crippen LogP contribution in [-0.2, 0) is 5.60 Å². The van der Waals surface area contributed by atoms with Crippen LogP contribution in [0.5, 0.6) is 29.4 Å². The Kier molecular flexibility index (Phi) is 9.77. The predicted octanol–water partition coefficient (Wildman–Crippen LogP) is 5.72. The summed E-state index contributed by atoms with van der Waals surface area (Å²) in [5.74, 6) is 1.09. The summed E-state index contributed by atoms with van der Waals surface area (Å²) < 4.78 is 29.8. The van der Waals surface area contributed by atoms with Crippen LogP contribution in [0.15, 0.2) is 53.0 Å². The monoisotopic (exact) mass is 666 g/mol. The topological polar surface area (TPSA) is 108 Å². The van der Waals surface area contributed by atoms with Crippen LogP contribution in [0.2, 0.25) is 0 Å². The van der Waals surface area contributed by atoms with Gasteiger partial charge in [0.15, 0.2) is 0 Å². The van der Waals surface area contributed by atoms with E-state index in [1.165, 1.54) is 14.2 Å². The molecule has 1 aliphatic rings. The van der Waals surface area contributed by atoms with Gasteiger partial charge in [-0.1, -0.05) is 15.9 Å². The smallest absolute Gasteiger partial charge is 0.217 e. The molecular weight excluding hydrogens is 628 g/mol. The highest BCUT2D eigenvalue weighted by atomic mass is 79.9. The van der Waals surface area contributed by atoms with Crippen LogP contribution < -0.4 is 23.7 Å². The fraction of sp³-hybridized carbons (Fsp3) is 0.424. The molecule has 1 saturated carbocycles. The number of rotatable bonds is 13. The van der Waals surface area contributed by atoms with E-state index in [9.17, 15) is 5.11 Å². The minimum atomic E-state index is -1.55. The third-order valence-electron chi connectivity index (χ3n) is 8.07. The van der Waals surface area contributed by atoms with Gasteiger partial charge >= 0.3 is 0 Å². The molecule has 234 valence electrons. The maximum Gasteiger partial charge on any atom is 0.217 e. The zero-order valence-corrected chi connectivity index (χ0v) is 27.6. The summed E-state index contributed by atoms with van der Waals surface area (Å²) in [6.07, 6.45) is 3.48. The molecule has 2 atom stereocenters. The lowest BCUT2D eigenvalue weighted by atomic mass is 9.72. The van der Waals surface area contributed by atoms with Crippen LogP contribution in [0.4, 0.5) is 0 Å². The maximum absolute atomic E-state index is 13.2. The van der Waals surface area contributed by atoms with Crippen molar-refractivity contribution in [2.24, 2.45) is 0 Å². The van der Waals surface area contributed by atoms with E-state index in [2.05, 4.69) is 25.9 Å². The molecule has 0 unspecified atom stereocenters.